The quantitative estimate of drug-likeness (QED) is 0.390. The first kappa shape index (κ1) is 25.0. The molecule has 3 aliphatic rings. The highest BCUT2D eigenvalue weighted by Crippen LogP contribution is 2.43. The van der Waals surface area contributed by atoms with Crippen molar-refractivity contribution < 1.29 is 19.7 Å². The number of aliphatic hydroxyl groups is 2. The number of hydrogen-bond donors (Lipinski definition) is 4. The van der Waals surface area contributed by atoms with Crippen molar-refractivity contribution >= 4 is 11.8 Å². The summed E-state index contributed by atoms with van der Waals surface area (Å²) < 4.78 is 12.3. The lowest BCUT2D eigenvalue weighted by Gasteiger charge is -2.23. The number of fused-ring (bicyclic) bond motifs is 1. The highest BCUT2D eigenvalue weighted by molar-refractivity contribution is 5.55. The van der Waals surface area contributed by atoms with Gasteiger partial charge in [-0.05, 0) is 57.3 Å². The van der Waals surface area contributed by atoms with Gasteiger partial charge in [0.25, 0.3) is 0 Å². The fourth-order valence-electron chi connectivity index (χ4n) is 5.19. The molecule has 9 heteroatoms. The molecule has 1 unspecified atom stereocenters. The summed E-state index contributed by atoms with van der Waals surface area (Å²) in [6.07, 6.45) is 3.62. The van der Waals surface area contributed by atoms with Crippen LogP contribution in [0, 0.1) is 31.6 Å². The number of aromatic nitrogens is 3. The van der Waals surface area contributed by atoms with E-state index in [-0.39, 0.29) is 24.7 Å². The van der Waals surface area contributed by atoms with Crippen LogP contribution in [0.5, 0.6) is 11.6 Å². The molecule has 9 nitrogen and oxygen atoms in total. The van der Waals surface area contributed by atoms with E-state index in [2.05, 4.69) is 29.5 Å². The Morgan fingerprint density at radius 2 is 1.92 bits per heavy atom. The van der Waals surface area contributed by atoms with Crippen molar-refractivity contribution in [1.82, 2.24) is 15.0 Å². The van der Waals surface area contributed by atoms with Crippen molar-refractivity contribution in [3.63, 3.8) is 0 Å². The molecule has 0 saturated heterocycles. The maximum absolute atomic E-state index is 10.6. The van der Waals surface area contributed by atoms with Gasteiger partial charge in [-0.3, -0.25) is 0 Å². The number of pyridine rings is 1. The summed E-state index contributed by atoms with van der Waals surface area (Å²) in [6, 6.07) is 1.79. The van der Waals surface area contributed by atoms with Crippen LogP contribution in [-0.2, 0) is 6.42 Å². The van der Waals surface area contributed by atoms with Gasteiger partial charge in [0, 0.05) is 31.2 Å². The van der Waals surface area contributed by atoms with Crippen LogP contribution in [0.1, 0.15) is 68.1 Å². The van der Waals surface area contributed by atoms with Crippen LogP contribution in [0.4, 0.5) is 11.8 Å². The van der Waals surface area contributed by atoms with Gasteiger partial charge < -0.3 is 30.3 Å². The molecule has 2 aromatic rings. The second kappa shape index (κ2) is 10.4. The van der Waals surface area contributed by atoms with Gasteiger partial charge in [-0.2, -0.15) is 4.98 Å². The Hall–Kier alpha value is -2.65. The second-order valence-electron chi connectivity index (χ2n) is 11.1. The number of ether oxygens (including phenoxy) is 2. The number of aliphatic hydroxyl groups excluding tert-OH is 2. The average molecular weight is 498 g/mol. The highest BCUT2D eigenvalue weighted by Gasteiger charge is 2.36. The lowest BCUT2D eigenvalue weighted by molar-refractivity contribution is 0.156. The highest BCUT2D eigenvalue weighted by atomic mass is 16.5. The van der Waals surface area contributed by atoms with Gasteiger partial charge in [-0.15, -0.1) is 0 Å². The molecular weight excluding hydrogens is 458 g/mol. The summed E-state index contributed by atoms with van der Waals surface area (Å²) >= 11 is 0. The normalized spacial score (nSPS) is 25.1. The van der Waals surface area contributed by atoms with E-state index >= 15 is 0 Å². The first-order valence-corrected chi connectivity index (χ1v) is 13.3. The smallest absolute Gasteiger partial charge is 0.224 e. The summed E-state index contributed by atoms with van der Waals surface area (Å²) in [7, 11) is 0. The number of nitrogens with zero attached hydrogens (tertiary/aromatic N) is 3. The first-order valence-electron chi connectivity index (χ1n) is 13.3. The minimum Gasteiger partial charge on any atom is -0.483 e. The zero-order chi connectivity index (χ0) is 25.4. The molecule has 36 heavy (non-hydrogen) atoms. The SMILES string of the molecule is Cc1nc(OCC(C)C)cc2c1OC(c1c(C)nc(NCC3CC3)nc1N[C@@H]1C[C@H](CO)C[C@H]1O)C2. The van der Waals surface area contributed by atoms with Gasteiger partial charge in [-0.1, -0.05) is 13.8 Å². The zero-order valence-electron chi connectivity index (χ0n) is 21.8. The fraction of sp³-hybridized carbons (Fsp3) is 0.667. The molecule has 2 saturated carbocycles. The van der Waals surface area contributed by atoms with Crippen LogP contribution < -0.4 is 20.1 Å². The van der Waals surface area contributed by atoms with Crippen molar-refractivity contribution in [2.45, 2.75) is 78.0 Å². The zero-order valence-corrected chi connectivity index (χ0v) is 21.8. The molecular formula is C27H39N5O4. The second-order valence-corrected chi connectivity index (χ2v) is 11.1. The molecule has 5 rings (SSSR count). The molecule has 2 aromatic heterocycles. The topological polar surface area (TPSA) is 122 Å². The Morgan fingerprint density at radius 1 is 1.11 bits per heavy atom. The minimum absolute atomic E-state index is 0.0770. The van der Waals surface area contributed by atoms with Gasteiger partial charge in [0.15, 0.2) is 0 Å². The Bertz CT molecular complexity index is 1090. The Labute approximate surface area is 213 Å². The van der Waals surface area contributed by atoms with E-state index < -0.39 is 6.10 Å². The predicted molar refractivity (Wildman–Crippen MR) is 138 cm³/mol. The van der Waals surface area contributed by atoms with E-state index in [0.717, 1.165) is 34.8 Å². The van der Waals surface area contributed by atoms with E-state index in [1.165, 1.54) is 12.8 Å². The molecule has 196 valence electrons. The standard InChI is InChI=1S/C27H39N5O4/c1-14(2)13-35-23-10-19-9-22(36-25(19)16(4)29-23)24-15(3)30-27(28-11-17-5-6-17)32-26(24)31-20-7-18(12-33)8-21(20)34/h10,14,17-18,20-22,33-34H,5-9,11-13H2,1-4H3,(H2,28,30,31,32)/t18-,20+,21+,22?/m0/s1. The molecule has 2 fully saturated rings. The number of rotatable bonds is 10. The number of aryl methyl sites for hydroxylation is 2. The Morgan fingerprint density at radius 3 is 2.61 bits per heavy atom. The third kappa shape index (κ3) is 5.52. The van der Waals surface area contributed by atoms with Crippen LogP contribution in [-0.4, -0.2) is 57.1 Å². The summed E-state index contributed by atoms with van der Waals surface area (Å²) in [4.78, 5) is 14.2. The van der Waals surface area contributed by atoms with E-state index in [9.17, 15) is 10.2 Å². The summed E-state index contributed by atoms with van der Waals surface area (Å²) in [5, 5.41) is 27.1. The van der Waals surface area contributed by atoms with Crippen LogP contribution in [0.2, 0.25) is 0 Å². The molecule has 0 amide bonds. The molecule has 2 aliphatic carbocycles. The van der Waals surface area contributed by atoms with E-state index in [4.69, 9.17) is 19.4 Å². The predicted octanol–water partition coefficient (Wildman–Crippen LogP) is 3.57. The van der Waals surface area contributed by atoms with Crippen LogP contribution in [0.15, 0.2) is 6.07 Å². The summed E-state index contributed by atoms with van der Waals surface area (Å²) in [6.45, 7) is 9.72. The van der Waals surface area contributed by atoms with Crippen LogP contribution in [0.25, 0.3) is 0 Å². The monoisotopic (exact) mass is 497 g/mol. The van der Waals surface area contributed by atoms with E-state index in [1.54, 1.807) is 0 Å². The van der Waals surface area contributed by atoms with Crippen molar-refractivity contribution in [2.75, 3.05) is 30.4 Å². The number of anilines is 2. The molecule has 1 aliphatic heterocycles. The van der Waals surface area contributed by atoms with Crippen molar-refractivity contribution in [2.24, 2.45) is 17.8 Å². The first-order chi connectivity index (χ1) is 17.3. The maximum Gasteiger partial charge on any atom is 0.224 e. The van der Waals surface area contributed by atoms with Gasteiger partial charge in [0.05, 0.1) is 35.7 Å². The number of hydrogen-bond acceptors (Lipinski definition) is 9. The van der Waals surface area contributed by atoms with E-state index in [0.29, 0.717) is 55.4 Å². The van der Waals surface area contributed by atoms with E-state index in [1.807, 2.05) is 19.9 Å². The molecule has 3 heterocycles. The van der Waals surface area contributed by atoms with Crippen LogP contribution >= 0.6 is 0 Å². The Kier molecular flexibility index (Phi) is 7.21. The molecule has 0 radical (unpaired) electrons. The summed E-state index contributed by atoms with van der Waals surface area (Å²) in [5.74, 6) is 3.89. The molecule has 0 spiro atoms. The molecule has 0 bridgehead atoms. The van der Waals surface area contributed by atoms with Gasteiger partial charge >= 0.3 is 0 Å². The summed E-state index contributed by atoms with van der Waals surface area (Å²) in [5.41, 5.74) is 3.61. The van der Waals surface area contributed by atoms with Crippen LogP contribution in [0.3, 0.4) is 0 Å². The van der Waals surface area contributed by atoms with Gasteiger partial charge in [0.2, 0.25) is 11.8 Å². The third-order valence-electron chi connectivity index (χ3n) is 7.34. The van der Waals surface area contributed by atoms with Crippen molar-refractivity contribution in [3.8, 4) is 11.6 Å². The Balaban J connectivity index is 1.42. The lowest BCUT2D eigenvalue weighted by atomic mass is 10.0. The largest absolute Gasteiger partial charge is 0.483 e. The van der Waals surface area contributed by atoms with Gasteiger partial charge in [0.1, 0.15) is 17.7 Å². The molecule has 4 atom stereocenters. The number of nitrogens with one attached hydrogen (secondary N) is 2. The van der Waals surface area contributed by atoms with Crippen molar-refractivity contribution in [3.05, 3.63) is 28.6 Å². The van der Waals surface area contributed by atoms with Gasteiger partial charge in [-0.25, -0.2) is 9.97 Å². The average Bonchev–Trinajstić information content (AvgIpc) is 3.46. The lowest BCUT2D eigenvalue weighted by Crippen LogP contribution is -2.30. The maximum atomic E-state index is 10.6. The van der Waals surface area contributed by atoms with Crippen molar-refractivity contribution in [1.29, 1.82) is 0 Å². The molecule has 0 aromatic carbocycles. The molecule has 4 N–H and O–H groups in total. The third-order valence-corrected chi connectivity index (χ3v) is 7.34. The fourth-order valence-corrected chi connectivity index (χ4v) is 5.19. The minimum atomic E-state index is -0.540.